The summed E-state index contributed by atoms with van der Waals surface area (Å²) in [6, 6.07) is 3.52. The van der Waals surface area contributed by atoms with Crippen LogP contribution in [0.1, 0.15) is 43.0 Å². The van der Waals surface area contributed by atoms with Crippen molar-refractivity contribution in [2.45, 2.75) is 44.2 Å². The number of rotatable bonds is 4. The van der Waals surface area contributed by atoms with Crippen molar-refractivity contribution in [3.05, 3.63) is 32.5 Å². The molecule has 1 N–H and O–H groups in total. The molecule has 1 aliphatic heterocycles. The number of nitrogens with zero attached hydrogens (tertiary/aromatic N) is 1. The molecule has 0 aliphatic carbocycles. The molecule has 2 unspecified atom stereocenters. The fourth-order valence-corrected chi connectivity index (χ4v) is 3.17. The average molecular weight is 254 g/mol. The van der Waals surface area contributed by atoms with Gasteiger partial charge < -0.3 is 5.32 Å². The van der Waals surface area contributed by atoms with E-state index in [1.165, 1.54) is 30.6 Å². The Bertz CT molecular complexity index is 345. The van der Waals surface area contributed by atoms with E-state index in [0.29, 0.717) is 12.5 Å². The quantitative estimate of drug-likeness (QED) is 0.664. The van der Waals surface area contributed by atoms with Crippen LogP contribution < -0.4 is 5.32 Å². The van der Waals surface area contributed by atoms with Crippen molar-refractivity contribution in [3.8, 4) is 0 Å². The molecule has 1 aliphatic rings. The highest BCUT2D eigenvalue weighted by Crippen LogP contribution is 2.28. The molecule has 0 spiro atoms. The number of hydrogen-bond acceptors (Lipinski definition) is 4. The first kappa shape index (κ1) is 12.5. The Morgan fingerprint density at radius 3 is 3.12 bits per heavy atom. The normalized spacial score (nSPS) is 22.9. The van der Waals surface area contributed by atoms with E-state index in [4.69, 9.17) is 0 Å². The van der Waals surface area contributed by atoms with Gasteiger partial charge in [0.25, 0.3) is 0 Å². The monoisotopic (exact) mass is 254 g/mol. The molecule has 2 rings (SSSR count). The summed E-state index contributed by atoms with van der Waals surface area (Å²) in [4.78, 5) is 11.9. The summed E-state index contributed by atoms with van der Waals surface area (Å²) < 4.78 is 0. The third-order valence-corrected chi connectivity index (χ3v) is 4.27. The zero-order valence-electron chi connectivity index (χ0n) is 9.80. The lowest BCUT2D eigenvalue weighted by Gasteiger charge is -2.17. The highest BCUT2D eigenvalue weighted by atomic mass is 32.1. The van der Waals surface area contributed by atoms with Gasteiger partial charge in [-0.1, -0.05) is 18.9 Å². The van der Waals surface area contributed by atoms with Crippen LogP contribution in [0.5, 0.6) is 0 Å². The lowest BCUT2D eigenvalue weighted by molar-refractivity contribution is -0.529. The van der Waals surface area contributed by atoms with E-state index >= 15 is 0 Å². The standard InChI is InChI=1S/C12H18N2O2S/c15-14(16)11(12-6-4-8-17-12)9-10-5-2-1-3-7-13-10/h4,6,8,10-11,13H,1-3,5,7,9H2. The largest absolute Gasteiger partial charge is 0.314 e. The summed E-state index contributed by atoms with van der Waals surface area (Å²) in [6.45, 7) is 1.000. The first-order valence-electron chi connectivity index (χ1n) is 6.17. The molecule has 1 fully saturated rings. The van der Waals surface area contributed by atoms with Gasteiger partial charge in [0.15, 0.2) is 0 Å². The molecule has 4 nitrogen and oxygen atoms in total. The van der Waals surface area contributed by atoms with Crippen molar-refractivity contribution in [2.75, 3.05) is 6.54 Å². The average Bonchev–Trinajstić information content (AvgIpc) is 2.70. The van der Waals surface area contributed by atoms with Crippen LogP contribution in [0.3, 0.4) is 0 Å². The maximum atomic E-state index is 11.1. The highest BCUT2D eigenvalue weighted by Gasteiger charge is 2.28. The van der Waals surface area contributed by atoms with E-state index < -0.39 is 6.04 Å². The Labute approximate surface area is 105 Å². The van der Waals surface area contributed by atoms with Gasteiger partial charge in [-0.3, -0.25) is 10.1 Å². The molecule has 17 heavy (non-hydrogen) atoms. The van der Waals surface area contributed by atoms with Crippen molar-refractivity contribution in [3.63, 3.8) is 0 Å². The Kier molecular flexibility index (Phi) is 4.50. The molecule has 94 valence electrons. The van der Waals surface area contributed by atoms with Crippen LogP contribution in [0.2, 0.25) is 0 Å². The van der Waals surface area contributed by atoms with Crippen LogP contribution in [0, 0.1) is 10.1 Å². The number of hydrogen-bond donors (Lipinski definition) is 1. The molecule has 1 saturated heterocycles. The van der Waals surface area contributed by atoms with E-state index in [2.05, 4.69) is 5.32 Å². The summed E-state index contributed by atoms with van der Waals surface area (Å²) in [5.41, 5.74) is 0. The minimum atomic E-state index is -0.536. The molecule has 0 aromatic carbocycles. The second kappa shape index (κ2) is 6.12. The molecule has 0 amide bonds. The second-order valence-corrected chi connectivity index (χ2v) is 5.53. The van der Waals surface area contributed by atoms with Crippen molar-refractivity contribution in [2.24, 2.45) is 0 Å². The van der Waals surface area contributed by atoms with Gasteiger partial charge in [0, 0.05) is 17.4 Å². The van der Waals surface area contributed by atoms with Crippen LogP contribution in [-0.4, -0.2) is 17.5 Å². The van der Waals surface area contributed by atoms with Gasteiger partial charge in [0.2, 0.25) is 6.04 Å². The SMILES string of the molecule is O=[N+]([O-])C(CC1CCCCCN1)c1cccs1. The molecule has 2 atom stereocenters. The first-order chi connectivity index (χ1) is 8.27. The van der Waals surface area contributed by atoms with Crippen LogP contribution in [0.15, 0.2) is 17.5 Å². The van der Waals surface area contributed by atoms with Gasteiger partial charge in [-0.05, 0) is 30.8 Å². The zero-order chi connectivity index (χ0) is 12.1. The summed E-state index contributed by atoms with van der Waals surface area (Å²) in [5.74, 6) is 0. The highest BCUT2D eigenvalue weighted by molar-refractivity contribution is 7.10. The predicted molar refractivity (Wildman–Crippen MR) is 68.9 cm³/mol. The second-order valence-electron chi connectivity index (χ2n) is 4.55. The van der Waals surface area contributed by atoms with Gasteiger partial charge in [-0.2, -0.15) is 0 Å². The first-order valence-corrected chi connectivity index (χ1v) is 7.05. The molecular formula is C12H18N2O2S. The fraction of sp³-hybridized carbons (Fsp3) is 0.667. The lowest BCUT2D eigenvalue weighted by atomic mass is 10.0. The van der Waals surface area contributed by atoms with E-state index in [9.17, 15) is 10.1 Å². The summed E-state index contributed by atoms with van der Waals surface area (Å²) >= 11 is 1.48. The van der Waals surface area contributed by atoms with Crippen LogP contribution in [-0.2, 0) is 0 Å². The van der Waals surface area contributed by atoms with Gasteiger partial charge in [0.05, 0.1) is 4.88 Å². The van der Waals surface area contributed by atoms with E-state index in [1.807, 2.05) is 17.5 Å². The van der Waals surface area contributed by atoms with Crippen molar-refractivity contribution in [1.29, 1.82) is 0 Å². The Hall–Kier alpha value is -0.940. The van der Waals surface area contributed by atoms with Crippen molar-refractivity contribution >= 4 is 11.3 Å². The maximum Gasteiger partial charge on any atom is 0.248 e. The number of nitro groups is 1. The fourth-order valence-electron chi connectivity index (χ4n) is 2.36. The molecule has 0 saturated carbocycles. The van der Waals surface area contributed by atoms with Gasteiger partial charge >= 0.3 is 0 Å². The van der Waals surface area contributed by atoms with E-state index in [-0.39, 0.29) is 4.92 Å². The van der Waals surface area contributed by atoms with Gasteiger partial charge in [0.1, 0.15) is 0 Å². The number of nitrogens with one attached hydrogen (secondary N) is 1. The molecule has 2 heterocycles. The smallest absolute Gasteiger partial charge is 0.248 e. The third kappa shape index (κ3) is 3.51. The minimum Gasteiger partial charge on any atom is -0.314 e. The van der Waals surface area contributed by atoms with Crippen LogP contribution in [0.4, 0.5) is 0 Å². The molecule has 0 bridgehead atoms. The third-order valence-electron chi connectivity index (χ3n) is 3.30. The zero-order valence-corrected chi connectivity index (χ0v) is 10.6. The van der Waals surface area contributed by atoms with Crippen LogP contribution >= 0.6 is 11.3 Å². The molecule has 1 aromatic heterocycles. The molecule has 1 aromatic rings. The van der Waals surface area contributed by atoms with E-state index in [1.54, 1.807) is 0 Å². The summed E-state index contributed by atoms with van der Waals surface area (Å²) in [6.07, 6.45) is 5.31. The maximum absolute atomic E-state index is 11.1. The molecule has 0 radical (unpaired) electrons. The van der Waals surface area contributed by atoms with E-state index in [0.717, 1.165) is 17.8 Å². The Morgan fingerprint density at radius 1 is 1.53 bits per heavy atom. The predicted octanol–water partition coefficient (Wildman–Crippen LogP) is 2.99. The molecule has 5 heteroatoms. The van der Waals surface area contributed by atoms with Crippen molar-refractivity contribution < 1.29 is 4.92 Å². The Balaban J connectivity index is 2.00. The lowest BCUT2D eigenvalue weighted by Crippen LogP contribution is -2.31. The van der Waals surface area contributed by atoms with Crippen molar-refractivity contribution in [1.82, 2.24) is 5.32 Å². The Morgan fingerprint density at radius 2 is 2.41 bits per heavy atom. The topological polar surface area (TPSA) is 55.2 Å². The summed E-state index contributed by atoms with van der Waals surface area (Å²) in [5, 5.41) is 16.5. The minimum absolute atomic E-state index is 0.140. The summed E-state index contributed by atoms with van der Waals surface area (Å²) in [7, 11) is 0. The number of thiophene rings is 1. The van der Waals surface area contributed by atoms with Crippen LogP contribution in [0.25, 0.3) is 0 Å². The van der Waals surface area contributed by atoms with Gasteiger partial charge in [-0.15, -0.1) is 11.3 Å². The molecular weight excluding hydrogens is 236 g/mol. The van der Waals surface area contributed by atoms with Gasteiger partial charge in [-0.25, -0.2) is 0 Å².